The second-order valence-corrected chi connectivity index (χ2v) is 11.3. The Labute approximate surface area is 204 Å². The number of rotatable bonds is 11. The highest BCUT2D eigenvalue weighted by Gasteiger charge is 2.30. The van der Waals surface area contributed by atoms with Crippen molar-refractivity contribution in [2.75, 3.05) is 18.8 Å². The van der Waals surface area contributed by atoms with Crippen LogP contribution >= 0.6 is 12.4 Å². The fraction of sp³-hybridized carbons (Fsp3) is 0.538. The van der Waals surface area contributed by atoms with Crippen LogP contribution in [0.5, 0.6) is 0 Å². The van der Waals surface area contributed by atoms with Gasteiger partial charge in [0.05, 0.1) is 5.75 Å². The van der Waals surface area contributed by atoms with Crippen molar-refractivity contribution < 1.29 is 12.8 Å². The molecule has 0 heterocycles. The molecule has 33 heavy (non-hydrogen) atoms. The molecule has 0 saturated heterocycles. The van der Waals surface area contributed by atoms with E-state index in [1.807, 2.05) is 6.07 Å². The van der Waals surface area contributed by atoms with E-state index in [9.17, 15) is 12.8 Å². The molecule has 2 atom stereocenters. The van der Waals surface area contributed by atoms with E-state index < -0.39 is 10.0 Å². The molecule has 7 heteroatoms. The van der Waals surface area contributed by atoms with Crippen LogP contribution in [0.15, 0.2) is 42.5 Å². The second kappa shape index (κ2) is 11.8. The van der Waals surface area contributed by atoms with E-state index in [0.717, 1.165) is 57.1 Å². The summed E-state index contributed by atoms with van der Waals surface area (Å²) in [7, 11) is -3.14. The Kier molecular flexibility index (Phi) is 9.34. The van der Waals surface area contributed by atoms with Crippen LogP contribution < -0.4 is 10.0 Å². The molecule has 4 nitrogen and oxygen atoms in total. The maximum absolute atomic E-state index is 13.8. The normalized spacial score (nSPS) is 20.2. The minimum absolute atomic E-state index is 0. The highest BCUT2D eigenvalue weighted by molar-refractivity contribution is 7.89. The molecule has 0 amide bonds. The highest BCUT2D eigenvalue weighted by atomic mass is 35.5. The largest absolute Gasteiger partial charge is 0.314 e. The predicted molar refractivity (Wildman–Crippen MR) is 135 cm³/mol. The first-order valence-corrected chi connectivity index (χ1v) is 13.7. The minimum Gasteiger partial charge on any atom is -0.314 e. The number of benzene rings is 2. The van der Waals surface area contributed by atoms with Gasteiger partial charge in [-0.3, -0.25) is 0 Å². The number of likely N-dealkylation sites (N-methyl/N-ethyl adjacent to an activating group) is 1. The Balaban J connectivity index is 0.00000306. The molecule has 2 aromatic carbocycles. The second-order valence-electron chi connectivity index (χ2n) is 9.40. The third-order valence-corrected chi connectivity index (χ3v) is 8.30. The molecule has 4 rings (SSSR count). The van der Waals surface area contributed by atoms with Crippen molar-refractivity contribution in [3.63, 3.8) is 0 Å². The first-order chi connectivity index (χ1) is 15.4. The highest BCUT2D eigenvalue weighted by Crippen LogP contribution is 2.35. The van der Waals surface area contributed by atoms with Crippen LogP contribution in [0.2, 0.25) is 0 Å². The van der Waals surface area contributed by atoms with Crippen LogP contribution in [-0.2, 0) is 29.3 Å². The van der Waals surface area contributed by atoms with Crippen LogP contribution in [0.25, 0.3) is 0 Å². The number of halogens is 2. The van der Waals surface area contributed by atoms with E-state index in [1.54, 1.807) is 12.1 Å². The smallest absolute Gasteiger partial charge is 0.211 e. The number of sulfonamides is 1. The molecule has 2 unspecified atom stereocenters. The van der Waals surface area contributed by atoms with Crippen molar-refractivity contribution in [1.29, 1.82) is 0 Å². The van der Waals surface area contributed by atoms with Crippen LogP contribution in [0.1, 0.15) is 60.8 Å². The summed E-state index contributed by atoms with van der Waals surface area (Å²) in [6.07, 6.45) is 6.66. The summed E-state index contributed by atoms with van der Waals surface area (Å²) in [5.41, 5.74) is 5.01. The van der Waals surface area contributed by atoms with Crippen LogP contribution in [0.4, 0.5) is 4.39 Å². The van der Waals surface area contributed by atoms with Gasteiger partial charge >= 0.3 is 0 Å². The summed E-state index contributed by atoms with van der Waals surface area (Å²) in [6.45, 7) is 3.54. The summed E-state index contributed by atoms with van der Waals surface area (Å²) < 4.78 is 40.7. The Morgan fingerprint density at radius 1 is 1.06 bits per heavy atom. The fourth-order valence-corrected chi connectivity index (χ4v) is 6.48. The van der Waals surface area contributed by atoms with Crippen molar-refractivity contribution in [2.45, 2.75) is 63.8 Å². The number of aryl methyl sites for hydroxylation is 2. The molecule has 0 radical (unpaired) electrons. The summed E-state index contributed by atoms with van der Waals surface area (Å²) in [6, 6.07) is 14.1. The van der Waals surface area contributed by atoms with Gasteiger partial charge in [0.2, 0.25) is 10.0 Å². The summed E-state index contributed by atoms with van der Waals surface area (Å²) in [5, 5.41) is 3.65. The molecule has 182 valence electrons. The lowest BCUT2D eigenvalue weighted by atomic mass is 9.75. The van der Waals surface area contributed by atoms with Crippen LogP contribution in [0, 0.1) is 11.7 Å². The van der Waals surface area contributed by atoms with Crippen molar-refractivity contribution in [1.82, 2.24) is 10.0 Å². The number of fused-ring (bicyclic) bond motifs is 1. The molecule has 2 aliphatic carbocycles. The van der Waals surface area contributed by atoms with E-state index in [0.29, 0.717) is 24.4 Å². The van der Waals surface area contributed by atoms with E-state index >= 15 is 0 Å². The van der Waals surface area contributed by atoms with Crippen molar-refractivity contribution in [2.24, 2.45) is 5.92 Å². The number of hydrogen-bond donors (Lipinski definition) is 2. The average Bonchev–Trinajstić information content (AvgIpc) is 3.56. The molecular weight excluding hydrogens is 459 g/mol. The standard InChI is InChI=1S/C26H35FN2O2S.ClH/c1-2-28-26-13-12-22-11-10-19(6-4-14-29-32(30,31)18-20-8-9-20)16-24(22)25(26)17-21-5-3-7-23(27)15-21;/h3,5,7,10-11,15-16,20,25-26,28-29H,2,4,6,8-9,12-14,17-18H2,1H3;1H. The lowest BCUT2D eigenvalue weighted by molar-refractivity contribution is 0.391. The van der Waals surface area contributed by atoms with Gasteiger partial charge in [-0.05, 0) is 91.8 Å². The van der Waals surface area contributed by atoms with Crippen LogP contribution in [-0.4, -0.2) is 33.3 Å². The Morgan fingerprint density at radius 2 is 1.88 bits per heavy atom. The molecule has 2 aromatic rings. The van der Waals surface area contributed by atoms with E-state index in [-0.39, 0.29) is 24.0 Å². The molecule has 1 fully saturated rings. The van der Waals surface area contributed by atoms with Crippen molar-refractivity contribution >= 4 is 22.4 Å². The Bertz CT molecular complexity index is 1030. The molecule has 1 saturated carbocycles. The number of nitrogens with one attached hydrogen (secondary N) is 2. The maximum Gasteiger partial charge on any atom is 0.211 e. The molecule has 0 aromatic heterocycles. The maximum atomic E-state index is 13.8. The Hall–Kier alpha value is -1.47. The Morgan fingerprint density at radius 3 is 2.61 bits per heavy atom. The zero-order valence-corrected chi connectivity index (χ0v) is 21.0. The zero-order valence-electron chi connectivity index (χ0n) is 19.4. The zero-order chi connectivity index (χ0) is 22.6. The summed E-state index contributed by atoms with van der Waals surface area (Å²) >= 11 is 0. The van der Waals surface area contributed by atoms with Gasteiger partial charge in [-0.1, -0.05) is 37.3 Å². The van der Waals surface area contributed by atoms with E-state index in [1.165, 1.54) is 22.8 Å². The molecule has 2 aliphatic rings. The van der Waals surface area contributed by atoms with Crippen LogP contribution in [0.3, 0.4) is 0 Å². The van der Waals surface area contributed by atoms with Gasteiger partial charge < -0.3 is 5.32 Å². The van der Waals surface area contributed by atoms with Gasteiger partial charge in [-0.2, -0.15) is 0 Å². The SMILES string of the molecule is CCNC1CCc2ccc(CCCNS(=O)(=O)CC3CC3)cc2C1Cc1cccc(F)c1.Cl. The summed E-state index contributed by atoms with van der Waals surface area (Å²) in [4.78, 5) is 0. The monoisotopic (exact) mass is 494 g/mol. The van der Waals surface area contributed by atoms with Crippen molar-refractivity contribution in [3.05, 3.63) is 70.5 Å². The van der Waals surface area contributed by atoms with Gasteiger partial charge in [0.25, 0.3) is 0 Å². The van der Waals surface area contributed by atoms with E-state index in [2.05, 4.69) is 35.2 Å². The molecule has 0 aliphatic heterocycles. The molecule has 0 spiro atoms. The van der Waals surface area contributed by atoms with E-state index in [4.69, 9.17) is 0 Å². The predicted octanol–water partition coefficient (Wildman–Crippen LogP) is 4.76. The topological polar surface area (TPSA) is 58.2 Å². The summed E-state index contributed by atoms with van der Waals surface area (Å²) in [5.74, 6) is 0.765. The first-order valence-electron chi connectivity index (χ1n) is 12.0. The third-order valence-electron chi connectivity index (χ3n) is 6.75. The third kappa shape index (κ3) is 7.51. The van der Waals surface area contributed by atoms with Gasteiger partial charge in [0, 0.05) is 18.5 Å². The quantitative estimate of drug-likeness (QED) is 0.443. The lowest BCUT2D eigenvalue weighted by Gasteiger charge is -2.35. The lowest BCUT2D eigenvalue weighted by Crippen LogP contribution is -2.39. The van der Waals surface area contributed by atoms with Gasteiger partial charge in [-0.15, -0.1) is 12.4 Å². The molecule has 0 bridgehead atoms. The van der Waals surface area contributed by atoms with Gasteiger partial charge in [-0.25, -0.2) is 17.5 Å². The number of hydrogen-bond acceptors (Lipinski definition) is 3. The van der Waals surface area contributed by atoms with Crippen molar-refractivity contribution in [3.8, 4) is 0 Å². The average molecular weight is 495 g/mol. The molecular formula is C26H36ClFN2O2S. The minimum atomic E-state index is -3.14. The molecule has 2 N–H and O–H groups in total. The first kappa shape index (κ1) is 26.1. The van der Waals surface area contributed by atoms with Gasteiger partial charge in [0.15, 0.2) is 0 Å². The van der Waals surface area contributed by atoms with Gasteiger partial charge in [0.1, 0.15) is 5.82 Å². The fourth-order valence-electron chi connectivity index (χ4n) is 4.95.